The van der Waals surface area contributed by atoms with Crippen molar-refractivity contribution in [3.05, 3.63) is 71.8 Å². The van der Waals surface area contributed by atoms with Gasteiger partial charge in [0.2, 0.25) is 0 Å². The summed E-state index contributed by atoms with van der Waals surface area (Å²) < 4.78 is 4.93. The average molecular weight is 299 g/mol. The smallest absolute Gasteiger partial charge is 0.338 e. The summed E-state index contributed by atoms with van der Waals surface area (Å²) in [7, 11) is 0. The number of rotatable bonds is 5. The van der Waals surface area contributed by atoms with Crippen LogP contribution in [0.25, 0.3) is 0 Å². The standard InChI is InChI=1S/C12H14O4.C6H6/c1-2-3-8-16-12(15)10-7-5-4-6-9(10)11(13)14;1-2-4-6-5-3-1/h4-7H,2-3,8H2,1H3,(H,13,14);1-6H/p-1. The molecule has 0 heterocycles. The van der Waals surface area contributed by atoms with E-state index in [1.807, 2.05) is 43.3 Å². The Balaban J connectivity index is 0.000000335. The van der Waals surface area contributed by atoms with Crippen LogP contribution in [0.15, 0.2) is 60.7 Å². The number of unbranched alkanes of at least 4 members (excludes halogenated alkanes) is 1. The van der Waals surface area contributed by atoms with Crippen molar-refractivity contribution in [2.45, 2.75) is 19.8 Å². The van der Waals surface area contributed by atoms with Gasteiger partial charge in [0, 0.05) is 5.56 Å². The van der Waals surface area contributed by atoms with Crippen LogP contribution in [0.5, 0.6) is 0 Å². The topological polar surface area (TPSA) is 66.4 Å². The van der Waals surface area contributed by atoms with Gasteiger partial charge >= 0.3 is 5.97 Å². The Morgan fingerprint density at radius 2 is 1.41 bits per heavy atom. The maximum absolute atomic E-state index is 11.5. The van der Waals surface area contributed by atoms with Gasteiger partial charge in [-0.1, -0.05) is 67.9 Å². The molecular formula is C18H19O4-. The molecular weight excluding hydrogens is 280 g/mol. The highest BCUT2D eigenvalue weighted by Crippen LogP contribution is 2.09. The first-order valence-electron chi connectivity index (χ1n) is 7.14. The summed E-state index contributed by atoms with van der Waals surface area (Å²) in [5, 5.41) is 10.7. The van der Waals surface area contributed by atoms with Crippen LogP contribution in [0.2, 0.25) is 0 Å². The van der Waals surface area contributed by atoms with Gasteiger partial charge in [0.25, 0.3) is 0 Å². The van der Waals surface area contributed by atoms with E-state index in [-0.39, 0.29) is 11.1 Å². The second kappa shape index (κ2) is 10.2. The van der Waals surface area contributed by atoms with Crippen molar-refractivity contribution in [3.8, 4) is 0 Å². The van der Waals surface area contributed by atoms with Gasteiger partial charge in [0.1, 0.15) is 0 Å². The number of carboxylic acid groups (broad SMARTS) is 1. The van der Waals surface area contributed by atoms with E-state index in [1.54, 1.807) is 6.07 Å². The molecule has 116 valence electrons. The number of hydrogen-bond acceptors (Lipinski definition) is 4. The molecule has 4 nitrogen and oxygen atoms in total. The first kappa shape index (κ1) is 17.4. The summed E-state index contributed by atoms with van der Waals surface area (Å²) in [5.41, 5.74) is -0.0948. The van der Waals surface area contributed by atoms with Gasteiger partial charge in [0.15, 0.2) is 0 Å². The van der Waals surface area contributed by atoms with Gasteiger partial charge in [-0.3, -0.25) is 0 Å². The van der Waals surface area contributed by atoms with Crippen LogP contribution in [0.3, 0.4) is 0 Å². The zero-order valence-electron chi connectivity index (χ0n) is 12.5. The maximum atomic E-state index is 11.5. The van der Waals surface area contributed by atoms with Crippen molar-refractivity contribution in [2.75, 3.05) is 6.61 Å². The number of benzene rings is 2. The van der Waals surface area contributed by atoms with Gasteiger partial charge < -0.3 is 14.6 Å². The van der Waals surface area contributed by atoms with Crippen molar-refractivity contribution in [2.24, 2.45) is 0 Å². The van der Waals surface area contributed by atoms with E-state index in [1.165, 1.54) is 18.2 Å². The lowest BCUT2D eigenvalue weighted by Crippen LogP contribution is -2.25. The van der Waals surface area contributed by atoms with Gasteiger partial charge in [-0.05, 0) is 12.5 Å². The van der Waals surface area contributed by atoms with E-state index in [9.17, 15) is 14.7 Å². The molecule has 0 aliphatic rings. The summed E-state index contributed by atoms with van der Waals surface area (Å²) in [6.07, 6.45) is 1.68. The molecule has 0 unspecified atom stereocenters. The molecule has 0 atom stereocenters. The molecule has 0 N–H and O–H groups in total. The normalized spacial score (nSPS) is 9.32. The number of hydrogen-bond donors (Lipinski definition) is 0. The van der Waals surface area contributed by atoms with E-state index >= 15 is 0 Å². The van der Waals surface area contributed by atoms with Crippen LogP contribution in [0.1, 0.15) is 40.5 Å². The third kappa shape index (κ3) is 6.22. The van der Waals surface area contributed by atoms with Gasteiger partial charge in [-0.2, -0.15) is 0 Å². The van der Waals surface area contributed by atoms with Crippen LogP contribution >= 0.6 is 0 Å². The number of carboxylic acids is 1. The molecule has 22 heavy (non-hydrogen) atoms. The molecule has 0 bridgehead atoms. The number of esters is 1. The number of ether oxygens (including phenoxy) is 1. The summed E-state index contributed by atoms with van der Waals surface area (Å²) in [4.78, 5) is 22.3. The second-order valence-electron chi connectivity index (χ2n) is 4.48. The van der Waals surface area contributed by atoms with Crippen molar-refractivity contribution >= 4 is 11.9 Å². The SMILES string of the molecule is CCCCOC(=O)c1ccccc1C(=O)[O-].c1ccccc1. The molecule has 0 radical (unpaired) electrons. The zero-order chi connectivity index (χ0) is 16.2. The molecule has 0 aliphatic carbocycles. The summed E-state index contributed by atoms with van der Waals surface area (Å²) in [6, 6.07) is 17.9. The molecule has 0 saturated heterocycles. The van der Waals surface area contributed by atoms with Gasteiger partial charge in [-0.15, -0.1) is 0 Å². The first-order chi connectivity index (χ1) is 10.7. The lowest BCUT2D eigenvalue weighted by Gasteiger charge is -2.09. The highest BCUT2D eigenvalue weighted by molar-refractivity contribution is 6.01. The predicted molar refractivity (Wildman–Crippen MR) is 82.4 cm³/mol. The minimum Gasteiger partial charge on any atom is -0.545 e. The zero-order valence-corrected chi connectivity index (χ0v) is 12.5. The Kier molecular flexibility index (Phi) is 8.05. The molecule has 0 amide bonds. The van der Waals surface area contributed by atoms with E-state index < -0.39 is 11.9 Å². The van der Waals surface area contributed by atoms with E-state index in [0.717, 1.165) is 12.8 Å². The molecule has 0 spiro atoms. The lowest BCUT2D eigenvalue weighted by molar-refractivity contribution is -0.255. The lowest BCUT2D eigenvalue weighted by atomic mass is 10.1. The molecule has 2 aromatic rings. The molecule has 4 heteroatoms. The Morgan fingerprint density at radius 3 is 1.86 bits per heavy atom. The third-order valence-corrected chi connectivity index (χ3v) is 2.76. The largest absolute Gasteiger partial charge is 0.545 e. The minimum atomic E-state index is -1.37. The first-order valence-corrected chi connectivity index (χ1v) is 7.14. The highest BCUT2D eigenvalue weighted by Gasteiger charge is 2.12. The quantitative estimate of drug-likeness (QED) is 0.629. The molecule has 2 aromatic carbocycles. The number of carbonyl (C=O) groups excluding carboxylic acids is 2. The number of carbonyl (C=O) groups is 2. The fourth-order valence-corrected chi connectivity index (χ4v) is 1.61. The molecule has 0 aliphatic heterocycles. The molecule has 0 saturated carbocycles. The monoisotopic (exact) mass is 299 g/mol. The van der Waals surface area contributed by atoms with Crippen LogP contribution in [0, 0.1) is 0 Å². The van der Waals surface area contributed by atoms with Crippen LogP contribution in [0.4, 0.5) is 0 Å². The Bertz CT molecular complexity index is 552. The van der Waals surface area contributed by atoms with Crippen LogP contribution < -0.4 is 5.11 Å². The summed E-state index contributed by atoms with van der Waals surface area (Å²) in [5.74, 6) is -1.99. The molecule has 0 aromatic heterocycles. The highest BCUT2D eigenvalue weighted by atomic mass is 16.5. The van der Waals surface area contributed by atoms with Gasteiger partial charge in [-0.25, -0.2) is 4.79 Å². The third-order valence-electron chi connectivity index (χ3n) is 2.76. The molecule has 2 rings (SSSR count). The minimum absolute atomic E-state index is 0.0404. The fourth-order valence-electron chi connectivity index (χ4n) is 1.61. The average Bonchev–Trinajstić information content (AvgIpc) is 2.57. The van der Waals surface area contributed by atoms with Crippen LogP contribution in [-0.2, 0) is 4.74 Å². The van der Waals surface area contributed by atoms with Gasteiger partial charge in [0.05, 0.1) is 18.1 Å². The Labute approximate surface area is 130 Å². The summed E-state index contributed by atoms with van der Waals surface area (Å²) >= 11 is 0. The second-order valence-corrected chi connectivity index (χ2v) is 4.48. The van der Waals surface area contributed by atoms with E-state index in [4.69, 9.17) is 4.74 Å². The fraction of sp³-hybridized carbons (Fsp3) is 0.222. The summed E-state index contributed by atoms with van der Waals surface area (Å²) in [6.45, 7) is 2.28. The van der Waals surface area contributed by atoms with Crippen molar-refractivity contribution in [1.29, 1.82) is 0 Å². The Hall–Kier alpha value is -2.62. The van der Waals surface area contributed by atoms with Crippen molar-refractivity contribution in [1.82, 2.24) is 0 Å². The van der Waals surface area contributed by atoms with Crippen molar-refractivity contribution in [3.63, 3.8) is 0 Å². The van der Waals surface area contributed by atoms with E-state index in [0.29, 0.717) is 6.61 Å². The van der Waals surface area contributed by atoms with E-state index in [2.05, 4.69) is 0 Å². The number of aromatic carboxylic acids is 1. The predicted octanol–water partition coefficient (Wildman–Crippen LogP) is 2.69. The Morgan fingerprint density at radius 1 is 0.909 bits per heavy atom. The van der Waals surface area contributed by atoms with Crippen LogP contribution in [-0.4, -0.2) is 18.5 Å². The molecule has 0 fully saturated rings. The maximum Gasteiger partial charge on any atom is 0.338 e. The van der Waals surface area contributed by atoms with Crippen molar-refractivity contribution < 1.29 is 19.4 Å².